The molecule has 0 bridgehead atoms. The van der Waals surface area contributed by atoms with Crippen LogP contribution in [0.4, 0.5) is 8.78 Å². The number of aromatic carboxylic acids is 1. The van der Waals surface area contributed by atoms with Gasteiger partial charge in [-0.15, -0.1) is 11.8 Å². The van der Waals surface area contributed by atoms with Gasteiger partial charge in [-0.2, -0.15) is 0 Å². The highest BCUT2D eigenvalue weighted by atomic mass is 32.2. The number of hydrogen-bond donors (Lipinski definition) is 1. The SMILES string of the molecule is O=C(O)c1ccc(OCCSc2cc(F)ccc2F)cc1. The fourth-order valence-electron chi connectivity index (χ4n) is 1.59. The van der Waals surface area contributed by atoms with E-state index >= 15 is 0 Å². The number of hydrogen-bond acceptors (Lipinski definition) is 3. The molecule has 2 aromatic carbocycles. The predicted octanol–water partition coefficient (Wildman–Crippen LogP) is 3.83. The molecule has 0 aliphatic rings. The van der Waals surface area contributed by atoms with Gasteiger partial charge in [0.1, 0.15) is 17.4 Å². The Labute approximate surface area is 124 Å². The van der Waals surface area contributed by atoms with Crippen LogP contribution >= 0.6 is 11.8 Å². The predicted molar refractivity (Wildman–Crippen MR) is 76.0 cm³/mol. The van der Waals surface area contributed by atoms with E-state index in [0.29, 0.717) is 18.1 Å². The molecule has 2 rings (SSSR count). The van der Waals surface area contributed by atoms with E-state index in [1.54, 1.807) is 12.1 Å². The fraction of sp³-hybridized carbons (Fsp3) is 0.133. The Bertz CT molecular complexity index is 629. The highest BCUT2D eigenvalue weighted by Crippen LogP contribution is 2.22. The van der Waals surface area contributed by atoms with Crippen molar-refractivity contribution in [3.8, 4) is 5.75 Å². The minimum absolute atomic E-state index is 0.179. The summed E-state index contributed by atoms with van der Waals surface area (Å²) in [5.74, 6) is -0.976. The monoisotopic (exact) mass is 310 g/mol. The molecule has 0 saturated carbocycles. The average molecular weight is 310 g/mol. The van der Waals surface area contributed by atoms with Crippen LogP contribution in [0.1, 0.15) is 10.4 Å². The van der Waals surface area contributed by atoms with Crippen molar-refractivity contribution >= 4 is 17.7 Å². The van der Waals surface area contributed by atoms with Crippen LogP contribution < -0.4 is 4.74 Å². The molecule has 3 nitrogen and oxygen atoms in total. The van der Waals surface area contributed by atoms with Crippen LogP contribution in [0.15, 0.2) is 47.4 Å². The Hall–Kier alpha value is -2.08. The molecule has 0 spiro atoms. The van der Waals surface area contributed by atoms with Crippen LogP contribution in [0, 0.1) is 11.6 Å². The van der Waals surface area contributed by atoms with Crippen molar-refractivity contribution in [3.63, 3.8) is 0 Å². The normalized spacial score (nSPS) is 10.4. The molecule has 0 heterocycles. The molecule has 0 amide bonds. The largest absolute Gasteiger partial charge is 0.493 e. The maximum atomic E-state index is 13.4. The second kappa shape index (κ2) is 7.08. The molecule has 0 radical (unpaired) electrons. The van der Waals surface area contributed by atoms with Gasteiger partial charge in [-0.3, -0.25) is 0 Å². The Morgan fingerprint density at radius 2 is 1.86 bits per heavy atom. The summed E-state index contributed by atoms with van der Waals surface area (Å²) in [5, 5.41) is 8.75. The average Bonchev–Trinajstić information content (AvgIpc) is 2.47. The standard InChI is InChI=1S/C15H12F2O3S/c16-11-3-6-13(17)14(9-11)21-8-7-20-12-4-1-10(2-5-12)15(18)19/h1-6,9H,7-8H2,(H,18,19). The second-order valence-electron chi connectivity index (χ2n) is 4.10. The first-order valence-electron chi connectivity index (χ1n) is 6.10. The van der Waals surface area contributed by atoms with Gasteiger partial charge in [0.25, 0.3) is 0 Å². The van der Waals surface area contributed by atoms with E-state index in [9.17, 15) is 13.6 Å². The van der Waals surface area contributed by atoms with Crippen LogP contribution in [-0.2, 0) is 0 Å². The van der Waals surface area contributed by atoms with Gasteiger partial charge in [-0.25, -0.2) is 13.6 Å². The zero-order chi connectivity index (χ0) is 15.2. The number of rotatable bonds is 6. The van der Waals surface area contributed by atoms with Crippen LogP contribution in [0.5, 0.6) is 5.75 Å². The highest BCUT2D eigenvalue weighted by Gasteiger charge is 2.05. The summed E-state index contributed by atoms with van der Waals surface area (Å²) in [6, 6.07) is 9.28. The zero-order valence-electron chi connectivity index (χ0n) is 10.9. The second-order valence-corrected chi connectivity index (χ2v) is 5.24. The third-order valence-electron chi connectivity index (χ3n) is 2.60. The third-order valence-corrected chi connectivity index (χ3v) is 3.60. The lowest BCUT2D eigenvalue weighted by molar-refractivity contribution is 0.0697. The van der Waals surface area contributed by atoms with E-state index in [1.165, 1.54) is 12.1 Å². The van der Waals surface area contributed by atoms with E-state index in [0.717, 1.165) is 30.0 Å². The van der Waals surface area contributed by atoms with Crippen molar-refractivity contribution in [3.05, 3.63) is 59.7 Å². The van der Waals surface area contributed by atoms with E-state index in [-0.39, 0.29) is 10.5 Å². The minimum atomic E-state index is -1.00. The Kier molecular flexibility index (Phi) is 5.16. The van der Waals surface area contributed by atoms with Crippen LogP contribution in [0.2, 0.25) is 0 Å². The molecule has 0 aromatic heterocycles. The maximum Gasteiger partial charge on any atom is 0.335 e. The molecular weight excluding hydrogens is 298 g/mol. The van der Waals surface area contributed by atoms with Crippen molar-refractivity contribution in [1.29, 1.82) is 0 Å². The summed E-state index contributed by atoms with van der Waals surface area (Å²) in [4.78, 5) is 10.9. The summed E-state index contributed by atoms with van der Waals surface area (Å²) in [6.45, 7) is 0.299. The molecule has 0 atom stereocenters. The molecular formula is C15H12F2O3S. The number of halogens is 2. The van der Waals surface area contributed by atoms with Crippen LogP contribution in [0.25, 0.3) is 0 Å². The third kappa shape index (κ3) is 4.46. The molecule has 0 aliphatic carbocycles. The summed E-state index contributed by atoms with van der Waals surface area (Å²) in [6.07, 6.45) is 0. The smallest absolute Gasteiger partial charge is 0.335 e. The fourth-order valence-corrected chi connectivity index (χ4v) is 2.38. The number of carbonyl (C=O) groups is 1. The van der Waals surface area contributed by atoms with Gasteiger partial charge in [0.15, 0.2) is 0 Å². The van der Waals surface area contributed by atoms with Gasteiger partial charge >= 0.3 is 5.97 Å². The first-order valence-corrected chi connectivity index (χ1v) is 7.09. The lowest BCUT2D eigenvalue weighted by Crippen LogP contribution is -2.01. The van der Waals surface area contributed by atoms with E-state index in [2.05, 4.69) is 0 Å². The molecule has 110 valence electrons. The van der Waals surface area contributed by atoms with E-state index in [1.807, 2.05) is 0 Å². The van der Waals surface area contributed by atoms with Crippen LogP contribution in [-0.4, -0.2) is 23.4 Å². The molecule has 0 fully saturated rings. The van der Waals surface area contributed by atoms with Gasteiger partial charge < -0.3 is 9.84 Å². The van der Waals surface area contributed by atoms with Gasteiger partial charge in [-0.05, 0) is 42.5 Å². The van der Waals surface area contributed by atoms with Gasteiger partial charge in [0.2, 0.25) is 0 Å². The number of ether oxygens (including phenoxy) is 1. The first-order chi connectivity index (χ1) is 10.1. The lowest BCUT2D eigenvalue weighted by atomic mass is 10.2. The van der Waals surface area contributed by atoms with Crippen molar-refractivity contribution in [2.45, 2.75) is 4.90 Å². The topological polar surface area (TPSA) is 46.5 Å². The molecule has 21 heavy (non-hydrogen) atoms. The van der Waals surface area contributed by atoms with E-state index < -0.39 is 17.6 Å². The molecule has 2 aromatic rings. The summed E-state index contributed by atoms with van der Waals surface area (Å²) >= 11 is 1.15. The van der Waals surface area contributed by atoms with Gasteiger partial charge in [-0.1, -0.05) is 0 Å². The molecule has 0 unspecified atom stereocenters. The van der Waals surface area contributed by atoms with Crippen molar-refractivity contribution in [2.24, 2.45) is 0 Å². The van der Waals surface area contributed by atoms with Crippen molar-refractivity contribution < 1.29 is 23.4 Å². The zero-order valence-corrected chi connectivity index (χ0v) is 11.7. The summed E-state index contributed by atoms with van der Waals surface area (Å²) in [7, 11) is 0. The molecule has 0 aliphatic heterocycles. The quantitative estimate of drug-likeness (QED) is 0.650. The summed E-state index contributed by atoms with van der Waals surface area (Å²) in [5.41, 5.74) is 0.179. The molecule has 0 saturated heterocycles. The molecule has 1 N–H and O–H groups in total. The van der Waals surface area contributed by atoms with Crippen molar-refractivity contribution in [1.82, 2.24) is 0 Å². The van der Waals surface area contributed by atoms with E-state index in [4.69, 9.17) is 9.84 Å². The maximum absolute atomic E-state index is 13.4. The number of thioether (sulfide) groups is 1. The Morgan fingerprint density at radius 1 is 1.14 bits per heavy atom. The summed E-state index contributed by atoms with van der Waals surface area (Å²) < 4.78 is 31.7. The first kappa shape index (κ1) is 15.3. The van der Waals surface area contributed by atoms with Crippen molar-refractivity contribution in [2.75, 3.05) is 12.4 Å². The molecule has 6 heteroatoms. The van der Waals surface area contributed by atoms with Crippen LogP contribution in [0.3, 0.4) is 0 Å². The lowest BCUT2D eigenvalue weighted by Gasteiger charge is -2.07. The highest BCUT2D eigenvalue weighted by molar-refractivity contribution is 7.99. The Morgan fingerprint density at radius 3 is 2.52 bits per heavy atom. The number of carboxylic acid groups (broad SMARTS) is 1. The number of benzene rings is 2. The minimum Gasteiger partial charge on any atom is -0.493 e. The number of carboxylic acids is 1. The van der Waals surface area contributed by atoms with Gasteiger partial charge in [0, 0.05) is 10.6 Å². The van der Waals surface area contributed by atoms with Gasteiger partial charge in [0.05, 0.1) is 12.2 Å². The Balaban J connectivity index is 1.81.